The van der Waals surface area contributed by atoms with Gasteiger partial charge < -0.3 is 20.6 Å². The number of carbonyl (C=O) groups is 2. The molecule has 0 radical (unpaired) electrons. The SMILES string of the molecule is O=C1CN(c2ccnc(C(=O)NCC(O)c3ccc(Cl)c(F)c3)c2)CCN1. The van der Waals surface area contributed by atoms with E-state index in [1.54, 1.807) is 12.1 Å². The van der Waals surface area contributed by atoms with Crippen LogP contribution in [0.4, 0.5) is 10.1 Å². The van der Waals surface area contributed by atoms with Crippen LogP contribution >= 0.6 is 11.6 Å². The van der Waals surface area contributed by atoms with Gasteiger partial charge in [0.2, 0.25) is 5.91 Å². The van der Waals surface area contributed by atoms with Gasteiger partial charge in [0.1, 0.15) is 11.5 Å². The number of benzene rings is 1. The Hall–Kier alpha value is -2.71. The number of halogens is 2. The Balaban J connectivity index is 1.63. The van der Waals surface area contributed by atoms with Crippen LogP contribution in [0.3, 0.4) is 0 Å². The van der Waals surface area contributed by atoms with Crippen LogP contribution in [0, 0.1) is 5.82 Å². The van der Waals surface area contributed by atoms with Crippen molar-refractivity contribution in [2.45, 2.75) is 6.10 Å². The molecule has 3 rings (SSSR count). The number of rotatable bonds is 5. The molecule has 0 spiro atoms. The fraction of sp³-hybridized carbons (Fsp3) is 0.278. The number of amides is 2. The zero-order chi connectivity index (χ0) is 19.4. The van der Waals surface area contributed by atoms with E-state index in [4.69, 9.17) is 11.6 Å². The molecule has 0 bridgehead atoms. The molecule has 7 nitrogen and oxygen atoms in total. The van der Waals surface area contributed by atoms with Gasteiger partial charge in [-0.15, -0.1) is 0 Å². The van der Waals surface area contributed by atoms with Gasteiger partial charge in [-0.05, 0) is 29.8 Å². The Morgan fingerprint density at radius 3 is 2.96 bits per heavy atom. The molecule has 27 heavy (non-hydrogen) atoms. The molecule has 1 aliphatic heterocycles. The van der Waals surface area contributed by atoms with E-state index in [1.165, 1.54) is 18.3 Å². The van der Waals surface area contributed by atoms with E-state index >= 15 is 0 Å². The molecule has 0 aliphatic carbocycles. The summed E-state index contributed by atoms with van der Waals surface area (Å²) in [6.45, 7) is 1.27. The second-order valence-electron chi connectivity index (χ2n) is 6.07. The van der Waals surface area contributed by atoms with E-state index < -0.39 is 17.8 Å². The minimum Gasteiger partial charge on any atom is -0.387 e. The average molecular weight is 393 g/mol. The van der Waals surface area contributed by atoms with Gasteiger partial charge in [0.15, 0.2) is 0 Å². The Bertz CT molecular complexity index is 864. The molecule has 1 atom stereocenters. The van der Waals surface area contributed by atoms with Crippen LogP contribution in [0.2, 0.25) is 5.02 Å². The van der Waals surface area contributed by atoms with Crippen molar-refractivity contribution >= 4 is 29.1 Å². The van der Waals surface area contributed by atoms with Crippen LogP contribution in [0.25, 0.3) is 0 Å². The predicted octanol–water partition coefficient (Wildman–Crippen LogP) is 1.27. The predicted molar refractivity (Wildman–Crippen MR) is 98.2 cm³/mol. The highest BCUT2D eigenvalue weighted by molar-refractivity contribution is 6.30. The molecule has 1 aromatic carbocycles. The fourth-order valence-corrected chi connectivity index (χ4v) is 2.83. The molecule has 2 aromatic rings. The Kier molecular flexibility index (Phi) is 5.88. The number of anilines is 1. The molecule has 1 unspecified atom stereocenters. The lowest BCUT2D eigenvalue weighted by Gasteiger charge is -2.28. The summed E-state index contributed by atoms with van der Waals surface area (Å²) >= 11 is 5.62. The maximum absolute atomic E-state index is 13.5. The van der Waals surface area contributed by atoms with Gasteiger partial charge >= 0.3 is 0 Å². The van der Waals surface area contributed by atoms with E-state index in [9.17, 15) is 19.1 Å². The molecule has 1 fully saturated rings. The number of hydrogen-bond donors (Lipinski definition) is 3. The third-order valence-electron chi connectivity index (χ3n) is 4.16. The summed E-state index contributed by atoms with van der Waals surface area (Å²) in [5.41, 5.74) is 1.18. The van der Waals surface area contributed by atoms with Crippen molar-refractivity contribution in [2.24, 2.45) is 0 Å². The van der Waals surface area contributed by atoms with Crippen molar-refractivity contribution in [3.05, 3.63) is 58.6 Å². The smallest absolute Gasteiger partial charge is 0.270 e. The molecular weight excluding hydrogens is 375 g/mol. The summed E-state index contributed by atoms with van der Waals surface area (Å²) in [5.74, 6) is -1.20. The average Bonchev–Trinajstić information content (AvgIpc) is 2.68. The summed E-state index contributed by atoms with van der Waals surface area (Å²) < 4.78 is 13.5. The molecular formula is C18H18ClFN4O3. The first-order valence-corrected chi connectivity index (χ1v) is 8.71. The first-order chi connectivity index (χ1) is 12.9. The molecule has 1 saturated heterocycles. The minimum atomic E-state index is -1.09. The highest BCUT2D eigenvalue weighted by Crippen LogP contribution is 2.20. The van der Waals surface area contributed by atoms with Gasteiger partial charge in [0, 0.05) is 31.5 Å². The third-order valence-corrected chi connectivity index (χ3v) is 4.47. The molecule has 142 valence electrons. The molecule has 3 N–H and O–H groups in total. The maximum Gasteiger partial charge on any atom is 0.270 e. The number of hydrogen-bond acceptors (Lipinski definition) is 5. The summed E-state index contributed by atoms with van der Waals surface area (Å²) in [5, 5.41) is 15.4. The molecule has 9 heteroatoms. The lowest BCUT2D eigenvalue weighted by molar-refractivity contribution is -0.120. The quantitative estimate of drug-likeness (QED) is 0.712. The van der Waals surface area contributed by atoms with Gasteiger partial charge in [0.05, 0.1) is 17.7 Å². The number of carbonyl (C=O) groups excluding carboxylic acids is 2. The molecule has 0 saturated carbocycles. The van der Waals surface area contributed by atoms with Crippen molar-refractivity contribution in [2.75, 3.05) is 31.1 Å². The zero-order valence-corrected chi connectivity index (χ0v) is 15.0. The summed E-state index contributed by atoms with van der Waals surface area (Å²) in [6.07, 6.45) is 0.400. The number of aromatic nitrogens is 1. The van der Waals surface area contributed by atoms with Gasteiger partial charge in [-0.1, -0.05) is 17.7 Å². The number of pyridine rings is 1. The number of aliphatic hydroxyl groups is 1. The Morgan fingerprint density at radius 2 is 2.22 bits per heavy atom. The van der Waals surface area contributed by atoms with Gasteiger partial charge in [-0.25, -0.2) is 4.39 Å². The molecule has 1 aromatic heterocycles. The van der Waals surface area contributed by atoms with Crippen LogP contribution in [0.1, 0.15) is 22.2 Å². The minimum absolute atomic E-state index is 0.0394. The number of piperazine rings is 1. The van der Waals surface area contributed by atoms with E-state index in [-0.39, 0.29) is 29.7 Å². The lowest BCUT2D eigenvalue weighted by atomic mass is 10.1. The standard InChI is InChI=1S/C18H18ClFN4O3/c19-13-2-1-11(7-14(13)20)16(25)9-23-18(27)15-8-12(3-4-21-15)24-6-5-22-17(26)10-24/h1-4,7-8,16,25H,5-6,9-10H2,(H,22,26)(H,23,27). The fourth-order valence-electron chi connectivity index (χ4n) is 2.72. The molecule has 1 aliphatic rings. The van der Waals surface area contributed by atoms with Crippen LogP contribution in [0.15, 0.2) is 36.5 Å². The van der Waals surface area contributed by atoms with E-state index in [2.05, 4.69) is 15.6 Å². The third kappa shape index (κ3) is 4.72. The van der Waals surface area contributed by atoms with Crippen molar-refractivity contribution in [1.29, 1.82) is 0 Å². The van der Waals surface area contributed by atoms with Crippen molar-refractivity contribution in [1.82, 2.24) is 15.6 Å². The first kappa shape index (κ1) is 19.1. The topological polar surface area (TPSA) is 94.6 Å². The van der Waals surface area contributed by atoms with Crippen molar-refractivity contribution in [3.63, 3.8) is 0 Å². The summed E-state index contributed by atoms with van der Waals surface area (Å²) in [4.78, 5) is 29.7. The molecule has 2 heterocycles. The van der Waals surface area contributed by atoms with Crippen molar-refractivity contribution in [3.8, 4) is 0 Å². The Labute approximate surface area is 160 Å². The van der Waals surface area contributed by atoms with Gasteiger partial charge in [-0.2, -0.15) is 0 Å². The second kappa shape index (κ2) is 8.32. The van der Waals surface area contributed by atoms with Gasteiger partial charge in [0.25, 0.3) is 5.91 Å². The number of aliphatic hydroxyl groups excluding tert-OH is 1. The normalized spacial score (nSPS) is 15.2. The van der Waals surface area contributed by atoms with E-state index in [1.807, 2.05) is 4.90 Å². The lowest BCUT2D eigenvalue weighted by Crippen LogP contribution is -2.47. The highest BCUT2D eigenvalue weighted by atomic mass is 35.5. The summed E-state index contributed by atoms with van der Waals surface area (Å²) in [7, 11) is 0. The second-order valence-corrected chi connectivity index (χ2v) is 6.48. The van der Waals surface area contributed by atoms with Crippen LogP contribution in [-0.2, 0) is 4.79 Å². The summed E-state index contributed by atoms with van der Waals surface area (Å²) in [6, 6.07) is 7.27. The van der Waals surface area contributed by atoms with E-state index in [0.717, 1.165) is 6.07 Å². The number of nitrogens with one attached hydrogen (secondary N) is 2. The Morgan fingerprint density at radius 1 is 1.41 bits per heavy atom. The van der Waals surface area contributed by atoms with E-state index in [0.29, 0.717) is 24.3 Å². The highest BCUT2D eigenvalue weighted by Gasteiger charge is 2.18. The largest absolute Gasteiger partial charge is 0.387 e. The number of nitrogens with zero attached hydrogens (tertiary/aromatic N) is 2. The van der Waals surface area contributed by atoms with Crippen LogP contribution < -0.4 is 15.5 Å². The maximum atomic E-state index is 13.5. The van der Waals surface area contributed by atoms with Gasteiger partial charge in [-0.3, -0.25) is 14.6 Å². The molecule has 2 amide bonds. The first-order valence-electron chi connectivity index (χ1n) is 8.33. The van der Waals surface area contributed by atoms with Crippen LogP contribution in [-0.4, -0.2) is 48.1 Å². The monoisotopic (exact) mass is 392 g/mol. The zero-order valence-electron chi connectivity index (χ0n) is 14.3. The van der Waals surface area contributed by atoms with Crippen molar-refractivity contribution < 1.29 is 19.1 Å². The van der Waals surface area contributed by atoms with Crippen LogP contribution in [0.5, 0.6) is 0 Å².